The van der Waals surface area contributed by atoms with E-state index in [1.165, 1.54) is 10.6 Å². The second-order valence-corrected chi connectivity index (χ2v) is 7.08. The molecule has 1 heterocycles. The maximum Gasteiger partial charge on any atom is 0.273 e. The van der Waals surface area contributed by atoms with Gasteiger partial charge in [0.15, 0.2) is 0 Å². The summed E-state index contributed by atoms with van der Waals surface area (Å²) < 4.78 is 33.8. The predicted molar refractivity (Wildman–Crippen MR) is 106 cm³/mol. The minimum atomic E-state index is -0.769. The Morgan fingerprint density at radius 1 is 1.34 bits per heavy atom. The van der Waals surface area contributed by atoms with Gasteiger partial charge in [-0.3, -0.25) is 14.2 Å². The first-order valence-electron chi connectivity index (χ1n) is 8.74. The van der Waals surface area contributed by atoms with Crippen molar-refractivity contribution >= 4 is 27.8 Å². The summed E-state index contributed by atoms with van der Waals surface area (Å²) in [6.07, 6.45) is 0. The first-order valence-corrected chi connectivity index (χ1v) is 9.54. The van der Waals surface area contributed by atoms with Crippen molar-refractivity contribution in [3.63, 3.8) is 0 Å². The van der Waals surface area contributed by atoms with Crippen molar-refractivity contribution in [1.29, 1.82) is 0 Å². The fourth-order valence-corrected chi connectivity index (χ4v) is 2.80. The van der Waals surface area contributed by atoms with Crippen LogP contribution < -0.4 is 20.9 Å². The Labute approximate surface area is 174 Å². The number of anilines is 1. The Morgan fingerprint density at radius 3 is 2.69 bits per heavy atom. The van der Waals surface area contributed by atoms with Crippen molar-refractivity contribution in [3.8, 4) is 5.88 Å². The molecule has 2 rings (SSSR count). The van der Waals surface area contributed by atoms with Crippen LogP contribution in [0.3, 0.4) is 0 Å². The van der Waals surface area contributed by atoms with Crippen LogP contribution in [0.4, 0.5) is 14.7 Å². The molecule has 0 radical (unpaired) electrons. The molecule has 0 aliphatic rings. The van der Waals surface area contributed by atoms with Gasteiger partial charge in [-0.2, -0.15) is 4.98 Å². The standard InChI is InChI=1S/C18H21BrF2N4O4/c1-10(2)25-17(28)15(19)16(24-18(25)23-6-5-22-14(27)8-26)29-9-11-3-4-12(20)7-13(11)21/h3-4,7,10,26H,5-6,8-9H2,1-2H3,(H,22,27)(H,23,24). The van der Waals surface area contributed by atoms with Crippen molar-refractivity contribution in [2.24, 2.45) is 0 Å². The largest absolute Gasteiger partial charge is 0.472 e. The van der Waals surface area contributed by atoms with Gasteiger partial charge in [0.05, 0.1) is 0 Å². The lowest BCUT2D eigenvalue weighted by Crippen LogP contribution is -2.33. The number of halogens is 3. The van der Waals surface area contributed by atoms with Crippen molar-refractivity contribution in [3.05, 3.63) is 50.2 Å². The molecule has 0 unspecified atom stereocenters. The highest BCUT2D eigenvalue weighted by Crippen LogP contribution is 2.24. The summed E-state index contributed by atoms with van der Waals surface area (Å²) in [6, 6.07) is 2.86. The van der Waals surface area contributed by atoms with E-state index in [1.807, 2.05) is 0 Å². The monoisotopic (exact) mass is 474 g/mol. The Morgan fingerprint density at radius 2 is 2.07 bits per heavy atom. The zero-order chi connectivity index (χ0) is 21.6. The average molecular weight is 475 g/mol. The molecule has 0 aliphatic carbocycles. The molecule has 0 atom stereocenters. The highest BCUT2D eigenvalue weighted by atomic mass is 79.9. The fraction of sp³-hybridized carbons (Fsp3) is 0.389. The first kappa shape index (κ1) is 22.8. The van der Waals surface area contributed by atoms with Crippen molar-refractivity contribution in [1.82, 2.24) is 14.9 Å². The molecule has 8 nitrogen and oxygen atoms in total. The van der Waals surface area contributed by atoms with Gasteiger partial charge in [0.1, 0.15) is 29.3 Å². The Hall–Kier alpha value is -2.53. The van der Waals surface area contributed by atoms with Gasteiger partial charge < -0.3 is 20.5 Å². The number of benzene rings is 1. The van der Waals surface area contributed by atoms with Crippen LogP contribution in [0.1, 0.15) is 25.5 Å². The third-order valence-corrected chi connectivity index (χ3v) is 4.48. The molecule has 2 aromatic rings. The lowest BCUT2D eigenvalue weighted by atomic mass is 10.2. The highest BCUT2D eigenvalue weighted by molar-refractivity contribution is 9.10. The van der Waals surface area contributed by atoms with Crippen LogP contribution in [-0.2, 0) is 11.4 Å². The molecule has 0 saturated carbocycles. The number of carbonyl (C=O) groups is 1. The number of ether oxygens (including phenoxy) is 1. The van der Waals surface area contributed by atoms with Gasteiger partial charge >= 0.3 is 0 Å². The quantitative estimate of drug-likeness (QED) is 0.479. The Kier molecular flexibility index (Phi) is 8.09. The minimum Gasteiger partial charge on any atom is -0.472 e. The molecule has 158 valence electrons. The first-order chi connectivity index (χ1) is 13.7. The van der Waals surface area contributed by atoms with Crippen LogP contribution in [-0.4, -0.2) is 40.3 Å². The van der Waals surface area contributed by atoms with E-state index in [9.17, 15) is 18.4 Å². The minimum absolute atomic E-state index is 0.0579. The van der Waals surface area contributed by atoms with Gasteiger partial charge in [0, 0.05) is 30.8 Å². The second-order valence-electron chi connectivity index (χ2n) is 6.28. The maximum absolute atomic E-state index is 13.8. The summed E-state index contributed by atoms with van der Waals surface area (Å²) in [5, 5.41) is 14.1. The van der Waals surface area contributed by atoms with E-state index in [4.69, 9.17) is 9.84 Å². The molecule has 0 fully saturated rings. The molecule has 1 amide bonds. The number of aromatic nitrogens is 2. The Bertz CT molecular complexity index is 937. The summed E-state index contributed by atoms with van der Waals surface area (Å²) in [7, 11) is 0. The Balaban J connectivity index is 2.22. The molecule has 0 spiro atoms. The smallest absolute Gasteiger partial charge is 0.273 e. The summed E-state index contributed by atoms with van der Waals surface area (Å²) in [5.74, 6) is -1.86. The fourth-order valence-electron chi connectivity index (χ4n) is 2.41. The van der Waals surface area contributed by atoms with Crippen LogP contribution in [0.15, 0.2) is 27.5 Å². The van der Waals surface area contributed by atoms with E-state index >= 15 is 0 Å². The molecule has 11 heteroatoms. The van der Waals surface area contributed by atoms with Gasteiger partial charge in [-0.1, -0.05) is 0 Å². The topological polar surface area (TPSA) is 105 Å². The van der Waals surface area contributed by atoms with Crippen LogP contribution in [0.25, 0.3) is 0 Å². The van der Waals surface area contributed by atoms with Gasteiger partial charge in [0.2, 0.25) is 17.7 Å². The third-order valence-electron chi connectivity index (χ3n) is 3.80. The third kappa shape index (κ3) is 5.97. The van der Waals surface area contributed by atoms with E-state index in [-0.39, 0.29) is 47.6 Å². The van der Waals surface area contributed by atoms with Crippen LogP contribution in [0.2, 0.25) is 0 Å². The molecular weight excluding hydrogens is 454 g/mol. The van der Waals surface area contributed by atoms with Crippen molar-refractivity contribution < 1.29 is 23.4 Å². The molecule has 0 bridgehead atoms. The molecule has 1 aromatic carbocycles. The number of carbonyl (C=O) groups excluding carboxylic acids is 1. The van der Waals surface area contributed by atoms with Gasteiger partial charge in [0.25, 0.3) is 5.56 Å². The van der Waals surface area contributed by atoms with Gasteiger partial charge in [-0.05, 0) is 41.9 Å². The van der Waals surface area contributed by atoms with Crippen LogP contribution in [0.5, 0.6) is 5.88 Å². The average Bonchev–Trinajstić information content (AvgIpc) is 2.67. The summed E-state index contributed by atoms with van der Waals surface area (Å²) in [5.41, 5.74) is -0.305. The van der Waals surface area contributed by atoms with E-state index in [2.05, 4.69) is 31.5 Å². The summed E-state index contributed by atoms with van der Waals surface area (Å²) in [6.45, 7) is 3.14. The van der Waals surface area contributed by atoms with Gasteiger partial charge in [-0.15, -0.1) is 0 Å². The normalized spacial score (nSPS) is 10.9. The summed E-state index contributed by atoms with van der Waals surface area (Å²) >= 11 is 3.16. The van der Waals surface area contributed by atoms with Crippen LogP contribution >= 0.6 is 15.9 Å². The predicted octanol–water partition coefficient (Wildman–Crippen LogP) is 1.96. The highest BCUT2D eigenvalue weighted by Gasteiger charge is 2.18. The van der Waals surface area contributed by atoms with Gasteiger partial charge in [-0.25, -0.2) is 8.78 Å². The van der Waals surface area contributed by atoms with Crippen LogP contribution in [0, 0.1) is 11.6 Å². The second kappa shape index (κ2) is 10.3. The zero-order valence-electron chi connectivity index (χ0n) is 15.8. The lowest BCUT2D eigenvalue weighted by molar-refractivity contribution is -0.123. The number of hydrogen-bond acceptors (Lipinski definition) is 6. The zero-order valence-corrected chi connectivity index (χ0v) is 17.4. The SMILES string of the molecule is CC(C)n1c(NCCNC(=O)CO)nc(OCc2ccc(F)cc2F)c(Br)c1=O. The molecule has 29 heavy (non-hydrogen) atoms. The number of nitrogens with one attached hydrogen (secondary N) is 2. The number of nitrogens with zero attached hydrogens (tertiary/aromatic N) is 2. The molecule has 3 N–H and O–H groups in total. The van der Waals surface area contributed by atoms with Crippen molar-refractivity contribution in [2.45, 2.75) is 26.5 Å². The van der Waals surface area contributed by atoms with E-state index in [0.29, 0.717) is 0 Å². The van der Waals surface area contributed by atoms with Crippen molar-refractivity contribution in [2.75, 3.05) is 25.0 Å². The number of rotatable bonds is 9. The molecular formula is C18H21BrF2N4O4. The molecule has 0 saturated heterocycles. The van der Waals surface area contributed by atoms with E-state index in [1.54, 1.807) is 13.8 Å². The lowest BCUT2D eigenvalue weighted by Gasteiger charge is -2.19. The number of aliphatic hydroxyl groups excluding tert-OH is 1. The number of amides is 1. The van der Waals surface area contributed by atoms with E-state index < -0.39 is 29.7 Å². The number of hydrogen-bond donors (Lipinski definition) is 3. The molecule has 1 aromatic heterocycles. The van der Waals surface area contributed by atoms with E-state index in [0.717, 1.165) is 12.1 Å². The summed E-state index contributed by atoms with van der Waals surface area (Å²) in [4.78, 5) is 28.0. The molecule has 0 aliphatic heterocycles. The maximum atomic E-state index is 13.8. The number of aliphatic hydroxyl groups is 1.